The van der Waals surface area contributed by atoms with Crippen LogP contribution < -0.4 is 10.0 Å². The fourth-order valence-electron chi connectivity index (χ4n) is 1.79. The summed E-state index contributed by atoms with van der Waals surface area (Å²) in [5.41, 5.74) is 1.91. The minimum absolute atomic E-state index is 0.236. The highest BCUT2D eigenvalue weighted by Gasteiger charge is 2.31. The highest BCUT2D eigenvalue weighted by atomic mass is 32.2. The molecule has 110 valence electrons. The first-order valence-electron chi connectivity index (χ1n) is 6.11. The fraction of sp³-hybridized carbons (Fsp3) is 0.214. The minimum atomic E-state index is -1.33. The highest BCUT2D eigenvalue weighted by Crippen LogP contribution is 2.32. The quantitative estimate of drug-likeness (QED) is 0.601. The Morgan fingerprint density at radius 1 is 1.38 bits per heavy atom. The average Bonchev–Trinajstić information content (AvgIpc) is 2.67. The molecule has 1 saturated heterocycles. The number of aliphatic carboxylic acids is 1. The summed E-state index contributed by atoms with van der Waals surface area (Å²) in [4.78, 5) is 26.1. The lowest BCUT2D eigenvalue weighted by Gasteiger charge is -2.14. The van der Waals surface area contributed by atoms with Gasteiger partial charge >= 0.3 is 0 Å². The van der Waals surface area contributed by atoms with Crippen LogP contribution in [-0.2, 0) is 9.59 Å². The van der Waals surface area contributed by atoms with Gasteiger partial charge in [0.2, 0.25) is 0 Å². The highest BCUT2D eigenvalue weighted by molar-refractivity contribution is 8.26. The van der Waals surface area contributed by atoms with Crippen LogP contribution in [0.25, 0.3) is 6.08 Å². The second-order valence-corrected chi connectivity index (χ2v) is 6.30. The van der Waals surface area contributed by atoms with Gasteiger partial charge in [-0.25, -0.2) is 0 Å². The molecule has 1 aromatic rings. The van der Waals surface area contributed by atoms with E-state index in [1.165, 1.54) is 0 Å². The number of carboxylic acid groups (broad SMARTS) is 1. The molecule has 7 heteroatoms. The number of hydrogen-bond acceptors (Lipinski definition) is 6. The molecule has 1 amide bonds. The molecular weight excluding hydrogens is 308 g/mol. The Morgan fingerprint density at radius 3 is 2.52 bits per heavy atom. The monoisotopic (exact) mass is 321 g/mol. The Hall–Kier alpha value is -1.86. The third-order valence-corrected chi connectivity index (χ3v) is 4.25. The van der Waals surface area contributed by atoms with Crippen LogP contribution in [0.3, 0.4) is 0 Å². The molecule has 0 bridgehead atoms. The molecule has 0 aromatic heterocycles. The van der Waals surface area contributed by atoms with E-state index in [1.54, 1.807) is 6.08 Å². The van der Waals surface area contributed by atoms with E-state index in [-0.39, 0.29) is 4.32 Å². The van der Waals surface area contributed by atoms with Gasteiger partial charge in [0.05, 0.1) is 17.4 Å². The number of hydrogen-bond donors (Lipinski definition) is 0. The van der Waals surface area contributed by atoms with Crippen LogP contribution in [0.2, 0.25) is 0 Å². The second-order valence-electron chi connectivity index (χ2n) is 4.63. The van der Waals surface area contributed by atoms with E-state index in [9.17, 15) is 14.7 Å². The number of carboxylic acids is 1. The Morgan fingerprint density at radius 2 is 2.00 bits per heavy atom. The van der Waals surface area contributed by atoms with Gasteiger partial charge in [-0.1, -0.05) is 36.1 Å². The van der Waals surface area contributed by atoms with Crippen LogP contribution in [0.15, 0.2) is 29.2 Å². The zero-order chi connectivity index (χ0) is 15.6. The van der Waals surface area contributed by atoms with Crippen molar-refractivity contribution in [3.63, 3.8) is 0 Å². The molecule has 0 N–H and O–H groups in total. The van der Waals surface area contributed by atoms with Gasteiger partial charge < -0.3 is 14.8 Å². The molecule has 0 atom stereocenters. The van der Waals surface area contributed by atoms with Crippen molar-refractivity contribution in [2.45, 2.75) is 0 Å². The van der Waals surface area contributed by atoms with Gasteiger partial charge in [0, 0.05) is 19.8 Å². The Balaban J connectivity index is 2.20. The van der Waals surface area contributed by atoms with Crippen LogP contribution in [0, 0.1) is 0 Å². The SMILES string of the molecule is CN(C)c1ccc(/C=C2\SC(=S)N(CC(=O)[O-])C2=O)cc1. The van der Waals surface area contributed by atoms with Crippen LogP contribution in [-0.4, -0.2) is 41.7 Å². The van der Waals surface area contributed by atoms with E-state index in [1.807, 2.05) is 43.3 Å². The molecule has 0 spiro atoms. The molecule has 0 aliphatic carbocycles. The third kappa shape index (κ3) is 3.62. The molecule has 21 heavy (non-hydrogen) atoms. The van der Waals surface area contributed by atoms with E-state index >= 15 is 0 Å². The Kier molecular flexibility index (Phi) is 4.64. The first-order chi connectivity index (χ1) is 9.88. The summed E-state index contributed by atoms with van der Waals surface area (Å²) in [6.45, 7) is -0.512. The van der Waals surface area contributed by atoms with E-state index in [4.69, 9.17) is 12.2 Å². The van der Waals surface area contributed by atoms with Crippen molar-refractivity contribution in [3.05, 3.63) is 34.7 Å². The van der Waals surface area contributed by atoms with Gasteiger partial charge in [0.15, 0.2) is 0 Å². The fourth-order valence-corrected chi connectivity index (χ4v) is 3.04. The molecule has 1 aromatic carbocycles. The van der Waals surface area contributed by atoms with Crippen molar-refractivity contribution >= 4 is 51.9 Å². The van der Waals surface area contributed by atoms with Gasteiger partial charge in [-0.3, -0.25) is 9.69 Å². The zero-order valence-corrected chi connectivity index (χ0v) is 13.2. The summed E-state index contributed by atoms with van der Waals surface area (Å²) in [5, 5.41) is 10.6. The predicted molar refractivity (Wildman–Crippen MR) is 85.7 cm³/mol. The lowest BCUT2D eigenvalue weighted by molar-refractivity contribution is -0.305. The Bertz CT molecular complexity index is 624. The van der Waals surface area contributed by atoms with E-state index in [2.05, 4.69) is 0 Å². The largest absolute Gasteiger partial charge is 0.548 e. The van der Waals surface area contributed by atoms with Crippen LogP contribution in [0.5, 0.6) is 0 Å². The zero-order valence-electron chi connectivity index (χ0n) is 11.5. The topological polar surface area (TPSA) is 63.7 Å². The smallest absolute Gasteiger partial charge is 0.266 e. The number of benzene rings is 1. The molecule has 0 unspecified atom stereocenters. The maximum absolute atomic E-state index is 12.1. The van der Waals surface area contributed by atoms with Crippen molar-refractivity contribution in [1.29, 1.82) is 0 Å². The van der Waals surface area contributed by atoms with Gasteiger partial charge in [-0.2, -0.15) is 0 Å². The molecule has 5 nitrogen and oxygen atoms in total. The van der Waals surface area contributed by atoms with Gasteiger partial charge in [0.25, 0.3) is 5.91 Å². The van der Waals surface area contributed by atoms with Crippen molar-refractivity contribution in [2.24, 2.45) is 0 Å². The number of rotatable bonds is 4. The molecule has 1 fully saturated rings. The van der Waals surface area contributed by atoms with Crippen molar-refractivity contribution < 1.29 is 14.7 Å². The first-order valence-corrected chi connectivity index (χ1v) is 7.33. The Labute approximate surface area is 132 Å². The molecular formula is C14H13N2O3S2-. The van der Waals surface area contributed by atoms with Crippen molar-refractivity contribution in [1.82, 2.24) is 4.90 Å². The molecule has 1 aliphatic heterocycles. The lowest BCUT2D eigenvalue weighted by Crippen LogP contribution is -2.40. The van der Waals surface area contributed by atoms with Crippen LogP contribution >= 0.6 is 24.0 Å². The van der Waals surface area contributed by atoms with E-state index in [0.717, 1.165) is 27.9 Å². The molecule has 1 heterocycles. The number of amides is 1. The lowest BCUT2D eigenvalue weighted by atomic mass is 10.2. The summed E-state index contributed by atoms with van der Waals surface area (Å²) in [7, 11) is 3.89. The summed E-state index contributed by atoms with van der Waals surface area (Å²) in [5.74, 6) is -1.73. The standard InChI is InChI=1S/C14H14N2O3S2/c1-15(2)10-5-3-9(4-6-10)7-11-13(19)16(8-12(17)18)14(20)21-11/h3-7H,8H2,1-2H3,(H,17,18)/p-1/b11-7-. The summed E-state index contributed by atoms with van der Waals surface area (Å²) >= 11 is 6.11. The molecule has 0 saturated carbocycles. The summed E-state index contributed by atoms with van der Waals surface area (Å²) < 4.78 is 0.236. The maximum Gasteiger partial charge on any atom is 0.266 e. The van der Waals surface area contributed by atoms with Crippen molar-refractivity contribution in [2.75, 3.05) is 25.5 Å². The number of nitrogens with zero attached hydrogens (tertiary/aromatic N) is 2. The van der Waals surface area contributed by atoms with E-state index < -0.39 is 18.4 Å². The number of carbonyl (C=O) groups excluding carboxylic acids is 2. The number of carbonyl (C=O) groups is 2. The normalized spacial score (nSPS) is 16.7. The van der Waals surface area contributed by atoms with Gasteiger partial charge in [-0.15, -0.1) is 0 Å². The second kappa shape index (κ2) is 6.28. The molecule has 0 radical (unpaired) electrons. The summed E-state index contributed by atoms with van der Waals surface area (Å²) in [6.07, 6.45) is 1.70. The van der Waals surface area contributed by atoms with Gasteiger partial charge in [-0.05, 0) is 23.8 Å². The average molecular weight is 321 g/mol. The number of thioether (sulfide) groups is 1. The first kappa shape index (κ1) is 15.5. The number of anilines is 1. The van der Waals surface area contributed by atoms with Crippen LogP contribution in [0.1, 0.15) is 5.56 Å². The minimum Gasteiger partial charge on any atom is -0.548 e. The van der Waals surface area contributed by atoms with Crippen molar-refractivity contribution in [3.8, 4) is 0 Å². The number of thiocarbonyl (C=S) groups is 1. The predicted octanol–water partition coefficient (Wildman–Crippen LogP) is 0.704. The summed E-state index contributed by atoms with van der Waals surface area (Å²) in [6, 6.07) is 7.66. The van der Waals surface area contributed by atoms with Crippen LogP contribution in [0.4, 0.5) is 5.69 Å². The van der Waals surface area contributed by atoms with Gasteiger partial charge in [0.1, 0.15) is 4.32 Å². The maximum atomic E-state index is 12.1. The molecule has 2 rings (SSSR count). The molecule has 1 aliphatic rings. The van der Waals surface area contributed by atoms with E-state index in [0.29, 0.717) is 4.91 Å². The third-order valence-electron chi connectivity index (χ3n) is 2.87.